The molecule has 3 rings (SSSR count). The Morgan fingerprint density at radius 2 is 1.73 bits per heavy atom. The highest BCUT2D eigenvalue weighted by atomic mass is 127. The van der Waals surface area contributed by atoms with Crippen LogP contribution < -0.4 is 15.4 Å². The molecule has 11 heteroatoms. The van der Waals surface area contributed by atoms with Crippen LogP contribution in [0.4, 0.5) is 30.2 Å². The van der Waals surface area contributed by atoms with Gasteiger partial charge in [0.25, 0.3) is 0 Å². The fourth-order valence-electron chi connectivity index (χ4n) is 3.70. The summed E-state index contributed by atoms with van der Waals surface area (Å²) < 4.78 is 72.9. The molecule has 1 aliphatic rings. The van der Waals surface area contributed by atoms with Crippen LogP contribution >= 0.6 is 22.6 Å². The first-order valence-electron chi connectivity index (χ1n) is 10.8. The van der Waals surface area contributed by atoms with Crippen molar-refractivity contribution in [2.75, 3.05) is 29.7 Å². The Bertz CT molecular complexity index is 1080. The number of nitrogens with one attached hydrogen (secondary N) is 3. The lowest BCUT2D eigenvalue weighted by Gasteiger charge is -2.31. The SMILES string of the molecule is CC(C)NCCC1CCN(S(=O)(=O)Nc2ccc(F)c(F)c2Nc2ccc(I)cc2F)CC1. The molecule has 0 spiro atoms. The van der Waals surface area contributed by atoms with Crippen LogP contribution in [0, 0.1) is 26.9 Å². The number of nitrogens with zero attached hydrogens (tertiary/aromatic N) is 1. The van der Waals surface area contributed by atoms with Gasteiger partial charge in [0, 0.05) is 22.7 Å². The van der Waals surface area contributed by atoms with Crippen molar-refractivity contribution >= 4 is 49.9 Å². The maximum Gasteiger partial charge on any atom is 0.301 e. The second-order valence-corrected chi connectivity index (χ2v) is 11.3. The Morgan fingerprint density at radius 3 is 2.36 bits per heavy atom. The first-order valence-corrected chi connectivity index (χ1v) is 13.3. The van der Waals surface area contributed by atoms with Crippen LogP contribution in [0.3, 0.4) is 0 Å². The van der Waals surface area contributed by atoms with E-state index in [1.54, 1.807) is 6.07 Å². The summed E-state index contributed by atoms with van der Waals surface area (Å²) in [6.45, 7) is 5.70. The van der Waals surface area contributed by atoms with E-state index < -0.39 is 33.3 Å². The molecule has 0 saturated carbocycles. The molecule has 2 aromatic carbocycles. The maximum absolute atomic E-state index is 14.6. The molecule has 6 nitrogen and oxygen atoms in total. The van der Waals surface area contributed by atoms with Crippen molar-refractivity contribution in [3.63, 3.8) is 0 Å². The van der Waals surface area contributed by atoms with Gasteiger partial charge in [0.1, 0.15) is 11.5 Å². The molecule has 182 valence electrons. The molecule has 0 unspecified atom stereocenters. The fraction of sp³-hybridized carbons (Fsp3) is 0.455. The number of hydrogen-bond acceptors (Lipinski definition) is 4. The highest BCUT2D eigenvalue weighted by molar-refractivity contribution is 14.1. The number of anilines is 3. The van der Waals surface area contributed by atoms with Crippen molar-refractivity contribution in [1.29, 1.82) is 0 Å². The fourth-order valence-corrected chi connectivity index (χ4v) is 5.42. The van der Waals surface area contributed by atoms with Crippen LogP contribution in [0.25, 0.3) is 0 Å². The van der Waals surface area contributed by atoms with Gasteiger partial charge in [-0.25, -0.2) is 13.2 Å². The molecular formula is C22H28F3IN4O2S. The summed E-state index contributed by atoms with van der Waals surface area (Å²) >= 11 is 1.92. The molecule has 1 aliphatic heterocycles. The van der Waals surface area contributed by atoms with E-state index in [4.69, 9.17) is 0 Å². The van der Waals surface area contributed by atoms with Crippen molar-refractivity contribution in [3.05, 3.63) is 51.4 Å². The molecular weight excluding hydrogens is 568 g/mol. The number of halogens is 4. The molecule has 1 heterocycles. The van der Waals surface area contributed by atoms with Crippen molar-refractivity contribution in [1.82, 2.24) is 9.62 Å². The standard InChI is InChI=1S/C22H28F3IN4O2S/c1-14(2)27-10-7-15-8-11-30(12-9-15)33(31,32)29-20-6-4-17(23)21(25)22(20)28-19-5-3-16(26)13-18(19)24/h3-6,13-15,27-29H,7-12H2,1-2H3. The first-order chi connectivity index (χ1) is 15.6. The van der Waals surface area contributed by atoms with E-state index in [1.165, 1.54) is 16.4 Å². The van der Waals surface area contributed by atoms with Gasteiger partial charge in [-0.15, -0.1) is 0 Å². The second-order valence-electron chi connectivity index (χ2n) is 8.38. The third kappa shape index (κ3) is 6.96. The van der Waals surface area contributed by atoms with E-state index in [0.29, 0.717) is 28.6 Å². The molecule has 2 aromatic rings. The normalized spacial score (nSPS) is 15.7. The number of rotatable bonds is 9. The third-order valence-corrected chi connectivity index (χ3v) is 7.74. The zero-order valence-electron chi connectivity index (χ0n) is 18.5. The monoisotopic (exact) mass is 596 g/mol. The number of piperidine rings is 1. The predicted octanol–water partition coefficient (Wildman–Crippen LogP) is 5.21. The minimum absolute atomic E-state index is 0.101. The van der Waals surface area contributed by atoms with Crippen molar-refractivity contribution in [3.8, 4) is 0 Å². The lowest BCUT2D eigenvalue weighted by molar-refractivity contribution is 0.261. The van der Waals surface area contributed by atoms with Crippen LogP contribution in [0.5, 0.6) is 0 Å². The molecule has 3 N–H and O–H groups in total. The van der Waals surface area contributed by atoms with Crippen molar-refractivity contribution < 1.29 is 21.6 Å². The zero-order chi connectivity index (χ0) is 24.2. The molecule has 1 saturated heterocycles. The number of benzene rings is 2. The van der Waals surface area contributed by atoms with Crippen molar-refractivity contribution in [2.45, 2.75) is 39.2 Å². The van der Waals surface area contributed by atoms with Gasteiger partial charge in [-0.3, -0.25) is 4.72 Å². The second kappa shape index (κ2) is 11.2. The molecule has 1 fully saturated rings. The predicted molar refractivity (Wildman–Crippen MR) is 133 cm³/mol. The number of hydrogen-bond donors (Lipinski definition) is 3. The smallest absolute Gasteiger partial charge is 0.301 e. The zero-order valence-corrected chi connectivity index (χ0v) is 21.4. The Kier molecular flexibility index (Phi) is 8.87. The Morgan fingerprint density at radius 1 is 1.06 bits per heavy atom. The van der Waals surface area contributed by atoms with Crippen LogP contribution in [0.1, 0.15) is 33.1 Å². The van der Waals surface area contributed by atoms with Gasteiger partial charge in [0.15, 0.2) is 11.6 Å². The molecule has 0 atom stereocenters. The van der Waals surface area contributed by atoms with Crippen molar-refractivity contribution in [2.24, 2.45) is 5.92 Å². The summed E-state index contributed by atoms with van der Waals surface area (Å²) in [5.41, 5.74) is -0.778. The average molecular weight is 596 g/mol. The Balaban J connectivity index is 1.73. The highest BCUT2D eigenvalue weighted by Crippen LogP contribution is 2.33. The van der Waals surface area contributed by atoms with Crippen LogP contribution in [0.2, 0.25) is 0 Å². The van der Waals surface area contributed by atoms with E-state index in [1.807, 2.05) is 22.6 Å². The average Bonchev–Trinajstić information content (AvgIpc) is 2.75. The third-order valence-electron chi connectivity index (χ3n) is 5.54. The molecule has 0 bridgehead atoms. The Hall–Kier alpha value is -1.57. The largest absolute Gasteiger partial charge is 0.349 e. The van der Waals surface area contributed by atoms with E-state index in [2.05, 4.69) is 29.2 Å². The van der Waals surface area contributed by atoms with Crippen LogP contribution in [-0.4, -0.2) is 38.4 Å². The quantitative estimate of drug-likeness (QED) is 0.348. The van der Waals surface area contributed by atoms with Gasteiger partial charge in [-0.05, 0) is 84.6 Å². The van der Waals surface area contributed by atoms with Crippen LogP contribution in [-0.2, 0) is 10.2 Å². The highest BCUT2D eigenvalue weighted by Gasteiger charge is 2.29. The van der Waals surface area contributed by atoms with Gasteiger partial charge in [-0.2, -0.15) is 12.7 Å². The lowest BCUT2D eigenvalue weighted by atomic mass is 9.94. The van der Waals surface area contributed by atoms with E-state index in [-0.39, 0.29) is 11.4 Å². The molecule has 0 aromatic heterocycles. The minimum Gasteiger partial charge on any atom is -0.349 e. The first kappa shape index (κ1) is 26.0. The topological polar surface area (TPSA) is 73.5 Å². The summed E-state index contributed by atoms with van der Waals surface area (Å²) in [7, 11) is -4.01. The van der Waals surface area contributed by atoms with Gasteiger partial charge >= 0.3 is 10.2 Å². The summed E-state index contributed by atoms with van der Waals surface area (Å²) in [4.78, 5) is 0. The summed E-state index contributed by atoms with van der Waals surface area (Å²) in [5.74, 6) is -2.73. The summed E-state index contributed by atoms with van der Waals surface area (Å²) in [6, 6.07) is 6.54. The molecule has 0 aliphatic carbocycles. The van der Waals surface area contributed by atoms with E-state index >= 15 is 0 Å². The molecule has 0 radical (unpaired) electrons. The molecule has 33 heavy (non-hydrogen) atoms. The molecule has 0 amide bonds. The van der Waals surface area contributed by atoms with E-state index in [9.17, 15) is 21.6 Å². The minimum atomic E-state index is -4.01. The van der Waals surface area contributed by atoms with Gasteiger partial charge in [0.05, 0.1) is 11.4 Å². The summed E-state index contributed by atoms with van der Waals surface area (Å²) in [5, 5.41) is 5.86. The van der Waals surface area contributed by atoms with E-state index in [0.717, 1.165) is 37.9 Å². The van der Waals surface area contributed by atoms with Gasteiger partial charge < -0.3 is 10.6 Å². The summed E-state index contributed by atoms with van der Waals surface area (Å²) in [6.07, 6.45) is 2.41. The lowest BCUT2D eigenvalue weighted by Crippen LogP contribution is -2.42. The maximum atomic E-state index is 14.6. The van der Waals surface area contributed by atoms with Gasteiger partial charge in [0.2, 0.25) is 0 Å². The van der Waals surface area contributed by atoms with Gasteiger partial charge in [-0.1, -0.05) is 13.8 Å². The Labute approximate surface area is 206 Å². The van der Waals surface area contributed by atoms with Crippen LogP contribution in [0.15, 0.2) is 30.3 Å².